The van der Waals surface area contributed by atoms with Crippen LogP contribution in [0.2, 0.25) is 0 Å². The van der Waals surface area contributed by atoms with Crippen LogP contribution in [0.1, 0.15) is 6.42 Å². The molecule has 0 bridgehead atoms. The predicted octanol–water partition coefficient (Wildman–Crippen LogP) is -6.90. The highest BCUT2D eigenvalue weighted by Crippen LogP contribution is 2.23. The average Bonchev–Trinajstić information content (AvgIpc) is 2.78. The minimum atomic E-state index is -1.63. The van der Waals surface area contributed by atoms with E-state index >= 15 is 0 Å². The third-order valence-corrected chi connectivity index (χ3v) is 4.54. The lowest BCUT2D eigenvalue weighted by Gasteiger charge is -2.39. The number of aliphatic hydroxyl groups is 4. The van der Waals surface area contributed by atoms with Crippen molar-refractivity contribution in [1.82, 2.24) is 21.3 Å². The zero-order valence-electron chi connectivity index (χ0n) is 17.5. The lowest BCUT2D eigenvalue weighted by Crippen LogP contribution is -2.59. The summed E-state index contributed by atoms with van der Waals surface area (Å²) in [6, 6.07) is -1.25. The number of hydrogen-bond donors (Lipinski definition) is 10. The first-order chi connectivity index (χ1) is 15.5. The van der Waals surface area contributed by atoms with Crippen molar-refractivity contribution in [1.29, 1.82) is 0 Å². The number of hydrogen-bond acceptors (Lipinski definition) is 11. The molecule has 11 N–H and O–H groups in total. The first-order valence-electron chi connectivity index (χ1n) is 9.81. The van der Waals surface area contributed by atoms with Crippen LogP contribution in [0.4, 0.5) is 0 Å². The molecule has 1 aliphatic rings. The van der Waals surface area contributed by atoms with E-state index in [1.165, 1.54) is 0 Å². The van der Waals surface area contributed by atoms with Gasteiger partial charge >= 0.3 is 5.97 Å². The van der Waals surface area contributed by atoms with Crippen molar-refractivity contribution < 1.29 is 54.2 Å². The molecular weight excluding hydrogens is 450 g/mol. The van der Waals surface area contributed by atoms with Crippen molar-refractivity contribution in [3.63, 3.8) is 0 Å². The number of nitrogens with two attached hydrogens (primary N) is 1. The summed E-state index contributed by atoms with van der Waals surface area (Å²) in [5.74, 6) is -4.24. The minimum Gasteiger partial charge on any atom is -0.480 e. The summed E-state index contributed by atoms with van der Waals surface area (Å²) in [4.78, 5) is 57.2. The monoisotopic (exact) mass is 479 g/mol. The van der Waals surface area contributed by atoms with Gasteiger partial charge in [-0.15, -0.1) is 0 Å². The highest BCUT2D eigenvalue weighted by Gasteiger charge is 2.43. The van der Waals surface area contributed by atoms with Gasteiger partial charge in [0.15, 0.2) is 0 Å². The lowest BCUT2D eigenvalue weighted by molar-refractivity contribution is -0.229. The van der Waals surface area contributed by atoms with Crippen LogP contribution in [0.25, 0.3) is 0 Å². The molecule has 33 heavy (non-hydrogen) atoms. The van der Waals surface area contributed by atoms with Gasteiger partial charge in [-0.25, -0.2) is 0 Å². The third-order valence-electron chi connectivity index (χ3n) is 4.54. The number of amides is 4. The molecule has 1 fully saturated rings. The molecule has 16 nitrogen and oxygen atoms in total. The summed E-state index contributed by atoms with van der Waals surface area (Å²) in [5, 5.41) is 55.6. The number of carbonyl (C=O) groups is 5. The second kappa shape index (κ2) is 13.6. The quantitative estimate of drug-likeness (QED) is 0.125. The summed E-state index contributed by atoms with van der Waals surface area (Å²) < 4.78 is 5.20. The Morgan fingerprint density at radius 2 is 1.33 bits per heavy atom. The largest absolute Gasteiger partial charge is 0.480 e. The third kappa shape index (κ3) is 9.64. The van der Waals surface area contributed by atoms with Crippen LogP contribution >= 0.6 is 0 Å². The highest BCUT2D eigenvalue weighted by molar-refractivity contribution is 5.90. The second-order valence-electron chi connectivity index (χ2n) is 7.15. The highest BCUT2D eigenvalue weighted by atomic mass is 16.5. The van der Waals surface area contributed by atoms with Crippen molar-refractivity contribution in [2.24, 2.45) is 5.73 Å². The molecule has 0 aromatic heterocycles. The molecule has 1 heterocycles. The molecule has 1 saturated heterocycles. The Hall–Kier alpha value is -2.89. The maximum atomic E-state index is 12.0. The zero-order chi connectivity index (χ0) is 25.1. The Kier molecular flexibility index (Phi) is 11.6. The molecule has 0 aromatic carbocycles. The van der Waals surface area contributed by atoms with Gasteiger partial charge < -0.3 is 57.3 Å². The number of nitrogens with one attached hydrogen (secondary N) is 4. The van der Waals surface area contributed by atoms with E-state index in [-0.39, 0.29) is 6.54 Å². The lowest BCUT2D eigenvalue weighted by atomic mass is 9.93. The Morgan fingerprint density at radius 3 is 1.91 bits per heavy atom. The maximum absolute atomic E-state index is 12.0. The van der Waals surface area contributed by atoms with Crippen LogP contribution < -0.4 is 27.0 Å². The molecule has 0 aliphatic carbocycles. The molecule has 1 aliphatic heterocycles. The number of carboxylic acid groups (broad SMARTS) is 1. The van der Waals surface area contributed by atoms with Gasteiger partial charge in [0.1, 0.15) is 37.0 Å². The smallest absolute Gasteiger partial charge is 0.322 e. The summed E-state index contributed by atoms with van der Waals surface area (Å²) in [7, 11) is 0. The zero-order valence-corrected chi connectivity index (χ0v) is 17.5. The van der Waals surface area contributed by atoms with Crippen LogP contribution in [-0.2, 0) is 28.7 Å². The summed E-state index contributed by atoms with van der Waals surface area (Å²) in [6.07, 6.45) is -7.61. The number of carboxylic acids is 1. The number of aliphatic carboxylic acids is 1. The van der Waals surface area contributed by atoms with Crippen molar-refractivity contribution in [2.45, 2.75) is 43.0 Å². The Balaban J connectivity index is 2.32. The minimum absolute atomic E-state index is 0.346. The molecule has 6 atom stereocenters. The van der Waals surface area contributed by atoms with Crippen LogP contribution in [0.3, 0.4) is 0 Å². The average molecular weight is 479 g/mol. The summed E-state index contributed by atoms with van der Waals surface area (Å²) >= 11 is 0. The SMILES string of the molecule is N[C@@H](CNC(=O)C[C@H]1O[C@H](CO)[C@H](O)[C@H](O)[C@H]1O)C(=O)NCC(=O)NCC(=O)NCC(=O)O. The first-order valence-corrected chi connectivity index (χ1v) is 9.81. The van der Waals surface area contributed by atoms with Crippen LogP contribution in [0, 0.1) is 0 Å². The van der Waals surface area contributed by atoms with Gasteiger partial charge in [-0.05, 0) is 0 Å². The predicted molar refractivity (Wildman–Crippen MR) is 106 cm³/mol. The van der Waals surface area contributed by atoms with Gasteiger partial charge in [-0.1, -0.05) is 0 Å². The molecule has 1 rings (SSSR count). The first kappa shape index (κ1) is 28.1. The number of aliphatic hydroxyl groups excluding tert-OH is 4. The van der Waals surface area contributed by atoms with Crippen LogP contribution in [0.5, 0.6) is 0 Å². The Labute approximate surface area is 187 Å². The molecule has 0 spiro atoms. The van der Waals surface area contributed by atoms with Crippen molar-refractivity contribution in [3.05, 3.63) is 0 Å². The summed E-state index contributed by atoms with van der Waals surface area (Å²) in [5.41, 5.74) is 5.62. The standard InChI is InChI=1S/C17H29N5O11/c18-7(17(32)22-4-12(26)20-3-11(25)21-5-13(27)28)2-19-10(24)1-8-14(29)16(31)15(30)9(6-23)33-8/h7-9,14-16,23,29-31H,1-6,18H2,(H,19,24)(H,20,26)(H,21,25)(H,22,32)(H,27,28)/t7-,8+,9+,14-,15-,16+/m0/s1. The van der Waals surface area contributed by atoms with E-state index in [0.717, 1.165) is 0 Å². The van der Waals surface area contributed by atoms with E-state index in [9.17, 15) is 39.3 Å². The van der Waals surface area contributed by atoms with Gasteiger partial charge in [0, 0.05) is 6.54 Å². The van der Waals surface area contributed by atoms with Crippen LogP contribution in [0.15, 0.2) is 0 Å². The van der Waals surface area contributed by atoms with E-state index in [2.05, 4.69) is 16.0 Å². The Bertz CT molecular complexity index is 719. The molecule has 0 aromatic rings. The van der Waals surface area contributed by atoms with Gasteiger partial charge in [0.2, 0.25) is 23.6 Å². The van der Waals surface area contributed by atoms with E-state index in [4.69, 9.17) is 20.7 Å². The molecular formula is C17H29N5O11. The fourth-order valence-corrected chi connectivity index (χ4v) is 2.70. The number of rotatable bonds is 12. The van der Waals surface area contributed by atoms with Gasteiger partial charge in [-0.3, -0.25) is 24.0 Å². The fourth-order valence-electron chi connectivity index (χ4n) is 2.70. The number of carbonyl (C=O) groups excluding carboxylic acids is 4. The molecule has 0 saturated carbocycles. The topological polar surface area (TPSA) is 270 Å². The molecule has 0 unspecified atom stereocenters. The molecule has 188 valence electrons. The normalized spacial score (nSPS) is 25.4. The van der Waals surface area contributed by atoms with E-state index in [1.807, 2.05) is 5.32 Å². The van der Waals surface area contributed by atoms with Gasteiger partial charge in [0.25, 0.3) is 0 Å². The second-order valence-corrected chi connectivity index (χ2v) is 7.15. The van der Waals surface area contributed by atoms with Crippen molar-refractivity contribution in [2.75, 3.05) is 32.8 Å². The van der Waals surface area contributed by atoms with Crippen molar-refractivity contribution >= 4 is 29.6 Å². The van der Waals surface area contributed by atoms with E-state index in [1.54, 1.807) is 0 Å². The van der Waals surface area contributed by atoms with Gasteiger partial charge in [0.05, 0.1) is 32.2 Å². The van der Waals surface area contributed by atoms with E-state index < -0.39 is 98.8 Å². The van der Waals surface area contributed by atoms with E-state index in [0.29, 0.717) is 0 Å². The number of ether oxygens (including phenoxy) is 1. The molecule has 0 radical (unpaired) electrons. The summed E-state index contributed by atoms with van der Waals surface area (Å²) in [6.45, 7) is -2.63. The molecule has 16 heteroatoms. The van der Waals surface area contributed by atoms with Crippen molar-refractivity contribution in [3.8, 4) is 0 Å². The van der Waals surface area contributed by atoms with Crippen LogP contribution in [-0.4, -0.2) is 124 Å². The molecule has 4 amide bonds. The maximum Gasteiger partial charge on any atom is 0.322 e. The fraction of sp³-hybridized carbons (Fsp3) is 0.706. The Morgan fingerprint density at radius 1 is 0.788 bits per heavy atom. The van der Waals surface area contributed by atoms with Gasteiger partial charge in [-0.2, -0.15) is 0 Å².